The Morgan fingerprint density at radius 3 is 2.70 bits per heavy atom. The lowest BCUT2D eigenvalue weighted by Gasteiger charge is -2.25. The number of halogens is 1. The summed E-state index contributed by atoms with van der Waals surface area (Å²) in [4.78, 5) is 15.3. The van der Waals surface area contributed by atoms with Crippen LogP contribution in [0.4, 0.5) is 5.69 Å². The Bertz CT molecular complexity index is 798. The molecular formula is C21H26ClN3O2. The van der Waals surface area contributed by atoms with Gasteiger partial charge < -0.3 is 15.4 Å². The number of likely N-dealkylation sites (tertiary alicyclic amines) is 1. The lowest BCUT2D eigenvalue weighted by atomic mass is 10.1. The summed E-state index contributed by atoms with van der Waals surface area (Å²) in [5, 5.41) is 6.65. The summed E-state index contributed by atoms with van der Waals surface area (Å²) in [6.45, 7) is 4.01. The molecule has 144 valence electrons. The highest BCUT2D eigenvalue weighted by Crippen LogP contribution is 2.31. The maximum Gasteiger partial charge on any atom is 0.255 e. The molecule has 1 aliphatic heterocycles. The molecule has 1 aliphatic rings. The van der Waals surface area contributed by atoms with Gasteiger partial charge in [-0.1, -0.05) is 41.9 Å². The van der Waals surface area contributed by atoms with Crippen molar-refractivity contribution in [3.63, 3.8) is 0 Å². The number of benzene rings is 2. The minimum absolute atomic E-state index is 0.0914. The first-order valence-corrected chi connectivity index (χ1v) is 9.55. The lowest BCUT2D eigenvalue weighted by molar-refractivity contribution is 0.0924. The standard InChI is InChI=1S/C21H26ClN3O2/c1-14-18(9-10-25(14)13-15-7-5-4-6-8-15)24-21(26)16-11-17(22)19(23-2)12-20(16)27-3/h4-8,11-12,14,18,23H,9-10,13H2,1-3H3,(H,24,26)/t14-,18?/m0/s1. The van der Waals surface area contributed by atoms with E-state index in [9.17, 15) is 4.79 Å². The zero-order valence-corrected chi connectivity index (χ0v) is 16.7. The molecule has 1 heterocycles. The fourth-order valence-corrected chi connectivity index (χ4v) is 3.83. The second-order valence-corrected chi connectivity index (χ2v) is 7.25. The average Bonchev–Trinajstić information content (AvgIpc) is 3.02. The van der Waals surface area contributed by atoms with Gasteiger partial charge in [-0.3, -0.25) is 9.69 Å². The highest BCUT2D eigenvalue weighted by molar-refractivity contribution is 6.33. The first-order valence-electron chi connectivity index (χ1n) is 9.17. The van der Waals surface area contributed by atoms with E-state index < -0.39 is 0 Å². The van der Waals surface area contributed by atoms with Gasteiger partial charge in [-0.2, -0.15) is 0 Å². The Morgan fingerprint density at radius 2 is 2.04 bits per heavy atom. The summed E-state index contributed by atoms with van der Waals surface area (Å²) < 4.78 is 5.39. The molecule has 0 saturated carbocycles. The fourth-order valence-electron chi connectivity index (χ4n) is 3.58. The summed E-state index contributed by atoms with van der Waals surface area (Å²) in [5.74, 6) is 0.350. The van der Waals surface area contributed by atoms with Crippen LogP contribution < -0.4 is 15.4 Å². The topological polar surface area (TPSA) is 53.6 Å². The number of nitrogens with zero attached hydrogens (tertiary/aromatic N) is 1. The minimum atomic E-state index is -0.158. The molecule has 0 aliphatic carbocycles. The number of methoxy groups -OCH3 is 1. The SMILES string of the molecule is CNc1cc(OC)c(C(=O)NC2CCN(Cc3ccccc3)[C@H]2C)cc1Cl. The van der Waals surface area contributed by atoms with Gasteiger partial charge in [0.1, 0.15) is 5.75 Å². The smallest absolute Gasteiger partial charge is 0.255 e. The van der Waals surface area contributed by atoms with Gasteiger partial charge in [0, 0.05) is 38.3 Å². The summed E-state index contributed by atoms with van der Waals surface area (Å²) in [6.07, 6.45) is 0.921. The summed E-state index contributed by atoms with van der Waals surface area (Å²) in [5.41, 5.74) is 2.47. The molecule has 2 aromatic rings. The van der Waals surface area contributed by atoms with Crippen LogP contribution in [0, 0.1) is 0 Å². The predicted molar refractivity (Wildman–Crippen MR) is 110 cm³/mol. The molecule has 6 heteroatoms. The van der Waals surface area contributed by atoms with Gasteiger partial charge >= 0.3 is 0 Å². The van der Waals surface area contributed by atoms with Gasteiger partial charge in [-0.05, 0) is 25.0 Å². The van der Waals surface area contributed by atoms with Crippen molar-refractivity contribution in [2.45, 2.75) is 32.0 Å². The Morgan fingerprint density at radius 1 is 1.30 bits per heavy atom. The van der Waals surface area contributed by atoms with Crippen molar-refractivity contribution >= 4 is 23.2 Å². The van der Waals surface area contributed by atoms with E-state index in [1.165, 1.54) is 5.56 Å². The molecule has 3 rings (SSSR count). The first kappa shape index (κ1) is 19.5. The predicted octanol–water partition coefficient (Wildman–Crippen LogP) is 3.78. The number of ether oxygens (including phenoxy) is 1. The highest BCUT2D eigenvalue weighted by atomic mass is 35.5. The molecule has 0 spiro atoms. The van der Waals surface area contributed by atoms with Gasteiger partial charge in [0.25, 0.3) is 5.91 Å². The second-order valence-electron chi connectivity index (χ2n) is 6.85. The Labute approximate surface area is 165 Å². The van der Waals surface area contributed by atoms with Gasteiger partial charge in [0.2, 0.25) is 0 Å². The van der Waals surface area contributed by atoms with Crippen molar-refractivity contribution in [2.75, 3.05) is 26.0 Å². The van der Waals surface area contributed by atoms with E-state index in [2.05, 4.69) is 46.7 Å². The fraction of sp³-hybridized carbons (Fsp3) is 0.381. The van der Waals surface area contributed by atoms with Crippen molar-refractivity contribution in [3.05, 3.63) is 58.6 Å². The number of anilines is 1. The number of carbonyl (C=O) groups excluding carboxylic acids is 1. The third-order valence-corrected chi connectivity index (χ3v) is 5.55. The van der Waals surface area contributed by atoms with E-state index in [-0.39, 0.29) is 18.0 Å². The Kier molecular flexibility index (Phi) is 6.24. The molecule has 2 N–H and O–H groups in total. The minimum Gasteiger partial charge on any atom is -0.496 e. The zero-order valence-electron chi connectivity index (χ0n) is 16.0. The normalized spacial score (nSPS) is 19.7. The number of amides is 1. The molecule has 1 saturated heterocycles. The highest BCUT2D eigenvalue weighted by Gasteiger charge is 2.32. The van der Waals surface area contributed by atoms with Crippen molar-refractivity contribution in [3.8, 4) is 5.75 Å². The quantitative estimate of drug-likeness (QED) is 0.792. The first-order chi connectivity index (χ1) is 13.0. The lowest BCUT2D eigenvalue weighted by Crippen LogP contribution is -2.43. The molecule has 0 bridgehead atoms. The third kappa shape index (κ3) is 4.37. The van der Waals surface area contributed by atoms with Crippen LogP contribution in [0.5, 0.6) is 5.75 Å². The molecule has 0 aromatic heterocycles. The van der Waals surface area contributed by atoms with E-state index in [4.69, 9.17) is 16.3 Å². The molecule has 27 heavy (non-hydrogen) atoms. The van der Waals surface area contributed by atoms with E-state index in [0.717, 1.165) is 25.2 Å². The summed E-state index contributed by atoms with van der Waals surface area (Å²) >= 11 is 6.26. The van der Waals surface area contributed by atoms with Crippen LogP contribution >= 0.6 is 11.6 Å². The van der Waals surface area contributed by atoms with Crippen LogP contribution in [-0.2, 0) is 6.54 Å². The monoisotopic (exact) mass is 387 g/mol. The molecule has 2 atom stereocenters. The molecular weight excluding hydrogens is 362 g/mol. The Balaban J connectivity index is 1.69. The van der Waals surface area contributed by atoms with Crippen molar-refractivity contribution < 1.29 is 9.53 Å². The van der Waals surface area contributed by atoms with Gasteiger partial charge in [-0.15, -0.1) is 0 Å². The van der Waals surface area contributed by atoms with Crippen LogP contribution in [-0.4, -0.2) is 43.6 Å². The van der Waals surface area contributed by atoms with Crippen LogP contribution in [0.15, 0.2) is 42.5 Å². The van der Waals surface area contributed by atoms with E-state index in [1.54, 1.807) is 26.3 Å². The molecule has 1 fully saturated rings. The van der Waals surface area contributed by atoms with Crippen molar-refractivity contribution in [1.82, 2.24) is 10.2 Å². The molecule has 1 amide bonds. The maximum absolute atomic E-state index is 12.9. The van der Waals surface area contributed by atoms with Crippen molar-refractivity contribution in [1.29, 1.82) is 0 Å². The number of nitrogens with one attached hydrogen (secondary N) is 2. The number of hydrogen-bond donors (Lipinski definition) is 2. The number of hydrogen-bond acceptors (Lipinski definition) is 4. The molecule has 0 radical (unpaired) electrons. The van der Waals surface area contributed by atoms with Gasteiger partial charge in [0.05, 0.1) is 23.4 Å². The van der Waals surface area contributed by atoms with Gasteiger partial charge in [-0.25, -0.2) is 0 Å². The second kappa shape index (κ2) is 8.63. The third-order valence-electron chi connectivity index (χ3n) is 5.23. The average molecular weight is 388 g/mol. The number of rotatable bonds is 6. The van der Waals surface area contributed by atoms with E-state index in [1.807, 2.05) is 6.07 Å². The van der Waals surface area contributed by atoms with E-state index >= 15 is 0 Å². The van der Waals surface area contributed by atoms with Crippen LogP contribution in [0.1, 0.15) is 29.3 Å². The van der Waals surface area contributed by atoms with Crippen molar-refractivity contribution in [2.24, 2.45) is 0 Å². The maximum atomic E-state index is 12.9. The summed E-state index contributed by atoms with van der Waals surface area (Å²) in [7, 11) is 3.33. The van der Waals surface area contributed by atoms with Crippen LogP contribution in [0.3, 0.4) is 0 Å². The van der Waals surface area contributed by atoms with Gasteiger partial charge in [0.15, 0.2) is 0 Å². The number of carbonyl (C=O) groups is 1. The van der Waals surface area contributed by atoms with E-state index in [0.29, 0.717) is 16.3 Å². The molecule has 1 unspecified atom stereocenters. The largest absolute Gasteiger partial charge is 0.496 e. The molecule has 5 nitrogen and oxygen atoms in total. The zero-order chi connectivity index (χ0) is 19.4. The van der Waals surface area contributed by atoms with Crippen LogP contribution in [0.25, 0.3) is 0 Å². The Hall–Kier alpha value is -2.24. The molecule has 2 aromatic carbocycles. The summed E-state index contributed by atoms with van der Waals surface area (Å²) in [6, 6.07) is 14.2. The van der Waals surface area contributed by atoms with Crippen LogP contribution in [0.2, 0.25) is 5.02 Å².